The number of rotatable bonds is 3. The lowest BCUT2D eigenvalue weighted by Crippen LogP contribution is -1.91. The number of benzene rings is 10. The summed E-state index contributed by atoms with van der Waals surface area (Å²) >= 11 is 3.83. The van der Waals surface area contributed by atoms with E-state index in [4.69, 9.17) is 0 Å². The highest BCUT2D eigenvalue weighted by Gasteiger charge is 2.19. The fourth-order valence-corrected chi connectivity index (χ4v) is 11.3. The standard InChI is InChI=1S/C52H30S2/c1-2-12-33-28-37(21-20-31(33)10-1)49-41-18-7-5-16-39(41)48(40-17-6-8-19-42(40)49)36-14-9-13-34(29-36)35-23-25-45-44(30-35)51-46(53-45)26-27-47-50(51)43-24-22-32-11-3-4-15-38(32)52(43)54-47/h1-30H. The molecule has 0 saturated heterocycles. The highest BCUT2D eigenvalue weighted by Crippen LogP contribution is 2.48. The Kier molecular flexibility index (Phi) is 6.48. The Morgan fingerprint density at radius 1 is 0.259 bits per heavy atom. The van der Waals surface area contributed by atoms with E-state index in [2.05, 4.69) is 182 Å². The van der Waals surface area contributed by atoms with Gasteiger partial charge in [-0.05, 0) is 113 Å². The van der Waals surface area contributed by atoms with Gasteiger partial charge >= 0.3 is 0 Å². The summed E-state index contributed by atoms with van der Waals surface area (Å²) in [6.07, 6.45) is 0. The molecule has 2 heteroatoms. The van der Waals surface area contributed by atoms with Gasteiger partial charge in [0.1, 0.15) is 0 Å². The Bertz CT molecular complexity index is 3450. The lowest BCUT2D eigenvalue weighted by Gasteiger charge is -2.18. The maximum atomic E-state index is 2.44. The minimum absolute atomic E-state index is 1.23. The molecule has 0 N–H and O–H groups in total. The van der Waals surface area contributed by atoms with Crippen LogP contribution < -0.4 is 0 Å². The van der Waals surface area contributed by atoms with Crippen LogP contribution in [0.5, 0.6) is 0 Å². The Morgan fingerprint density at radius 3 is 1.52 bits per heavy atom. The van der Waals surface area contributed by atoms with Crippen LogP contribution >= 0.6 is 22.7 Å². The normalized spacial score (nSPS) is 12.1. The van der Waals surface area contributed by atoms with Gasteiger partial charge in [-0.15, -0.1) is 22.7 Å². The third-order valence-corrected chi connectivity index (χ3v) is 13.8. The van der Waals surface area contributed by atoms with Gasteiger partial charge in [-0.1, -0.05) is 146 Å². The molecule has 250 valence electrons. The van der Waals surface area contributed by atoms with Gasteiger partial charge in [0.25, 0.3) is 0 Å². The van der Waals surface area contributed by atoms with Crippen molar-refractivity contribution in [3.63, 3.8) is 0 Å². The molecule has 2 heterocycles. The molecule has 0 aliphatic heterocycles. The Balaban J connectivity index is 1.06. The van der Waals surface area contributed by atoms with E-state index in [1.807, 2.05) is 22.7 Å². The minimum Gasteiger partial charge on any atom is -0.135 e. The van der Waals surface area contributed by atoms with Crippen LogP contribution in [0.2, 0.25) is 0 Å². The van der Waals surface area contributed by atoms with E-state index in [0.29, 0.717) is 0 Å². The second-order valence-electron chi connectivity index (χ2n) is 14.4. The molecule has 54 heavy (non-hydrogen) atoms. The van der Waals surface area contributed by atoms with Gasteiger partial charge in [0.15, 0.2) is 0 Å². The van der Waals surface area contributed by atoms with Gasteiger partial charge in [-0.25, -0.2) is 0 Å². The van der Waals surface area contributed by atoms with Crippen molar-refractivity contribution in [2.45, 2.75) is 0 Å². The Morgan fingerprint density at radius 2 is 0.778 bits per heavy atom. The molecule has 10 aromatic carbocycles. The zero-order chi connectivity index (χ0) is 35.3. The maximum Gasteiger partial charge on any atom is 0.0434 e. The first kappa shape index (κ1) is 30.2. The molecule has 0 aliphatic carbocycles. The predicted octanol–water partition coefficient (Wildman–Crippen LogP) is 16.0. The lowest BCUT2D eigenvalue weighted by atomic mass is 9.85. The Hall–Kier alpha value is -6.32. The fourth-order valence-electron chi connectivity index (χ4n) is 8.99. The molecule has 0 fully saturated rings. The molecule has 0 unspecified atom stereocenters. The maximum absolute atomic E-state index is 2.44. The molecule has 0 spiro atoms. The van der Waals surface area contributed by atoms with E-state index < -0.39 is 0 Å². The summed E-state index contributed by atoms with van der Waals surface area (Å²) in [4.78, 5) is 0. The predicted molar refractivity (Wildman–Crippen MR) is 239 cm³/mol. The van der Waals surface area contributed by atoms with Crippen molar-refractivity contribution in [2.75, 3.05) is 0 Å². The number of hydrogen-bond acceptors (Lipinski definition) is 2. The van der Waals surface area contributed by atoms with Crippen LogP contribution in [0.1, 0.15) is 0 Å². The van der Waals surface area contributed by atoms with Crippen LogP contribution in [0.15, 0.2) is 182 Å². The smallest absolute Gasteiger partial charge is 0.0434 e. The average Bonchev–Trinajstić information content (AvgIpc) is 3.81. The zero-order valence-corrected chi connectivity index (χ0v) is 30.8. The second kappa shape index (κ2) is 11.6. The third kappa shape index (κ3) is 4.42. The van der Waals surface area contributed by atoms with Crippen molar-refractivity contribution in [2.24, 2.45) is 0 Å². The van der Waals surface area contributed by atoms with E-state index in [9.17, 15) is 0 Å². The van der Waals surface area contributed by atoms with E-state index in [1.165, 1.54) is 117 Å². The Labute approximate surface area is 319 Å². The van der Waals surface area contributed by atoms with Crippen LogP contribution in [0.3, 0.4) is 0 Å². The molecular weight excluding hydrogens is 689 g/mol. The molecule has 0 nitrogen and oxygen atoms in total. The summed E-state index contributed by atoms with van der Waals surface area (Å²) in [6.45, 7) is 0. The first-order chi connectivity index (χ1) is 26.8. The van der Waals surface area contributed by atoms with Crippen molar-refractivity contribution >= 4 is 106 Å². The average molecular weight is 719 g/mol. The SMILES string of the molecule is c1cc(-c2ccc3sc4ccc5sc6c7ccccc7ccc6c5c4c3c2)cc(-c2c3ccccc3c(-c3ccc4ccccc4c3)c3ccccc23)c1. The number of thiophene rings is 2. The van der Waals surface area contributed by atoms with Crippen LogP contribution in [0.4, 0.5) is 0 Å². The van der Waals surface area contributed by atoms with Crippen LogP contribution in [0.25, 0.3) is 117 Å². The quantitative estimate of drug-likeness (QED) is 0.160. The summed E-state index contributed by atoms with van der Waals surface area (Å²) in [5.74, 6) is 0. The molecule has 12 aromatic rings. The molecular formula is C52H30S2. The van der Waals surface area contributed by atoms with Gasteiger partial charge in [0.2, 0.25) is 0 Å². The van der Waals surface area contributed by atoms with Crippen molar-refractivity contribution in [1.82, 2.24) is 0 Å². The van der Waals surface area contributed by atoms with Crippen LogP contribution in [0, 0.1) is 0 Å². The summed E-state index contributed by atoms with van der Waals surface area (Å²) in [7, 11) is 0. The van der Waals surface area contributed by atoms with E-state index in [-0.39, 0.29) is 0 Å². The molecule has 0 atom stereocenters. The number of fused-ring (bicyclic) bond motifs is 12. The molecule has 0 saturated carbocycles. The van der Waals surface area contributed by atoms with E-state index in [1.54, 1.807) is 0 Å². The van der Waals surface area contributed by atoms with Gasteiger partial charge < -0.3 is 0 Å². The molecule has 0 aliphatic rings. The van der Waals surface area contributed by atoms with Crippen molar-refractivity contribution < 1.29 is 0 Å². The second-order valence-corrected chi connectivity index (χ2v) is 16.5. The van der Waals surface area contributed by atoms with Crippen molar-refractivity contribution in [3.8, 4) is 33.4 Å². The summed E-state index contributed by atoms with van der Waals surface area (Å²) in [6, 6.07) is 67.8. The highest BCUT2D eigenvalue weighted by atomic mass is 32.1. The van der Waals surface area contributed by atoms with Crippen molar-refractivity contribution in [3.05, 3.63) is 182 Å². The first-order valence-corrected chi connectivity index (χ1v) is 20.1. The zero-order valence-electron chi connectivity index (χ0n) is 29.1. The van der Waals surface area contributed by atoms with E-state index >= 15 is 0 Å². The first-order valence-electron chi connectivity index (χ1n) is 18.5. The van der Waals surface area contributed by atoms with Crippen LogP contribution in [-0.2, 0) is 0 Å². The summed E-state index contributed by atoms with van der Waals surface area (Å²) in [5.41, 5.74) is 7.54. The van der Waals surface area contributed by atoms with Gasteiger partial charge in [-0.3, -0.25) is 0 Å². The topological polar surface area (TPSA) is 0 Å². The monoisotopic (exact) mass is 718 g/mol. The summed E-state index contributed by atoms with van der Waals surface area (Å²) < 4.78 is 5.41. The molecule has 0 amide bonds. The molecule has 0 bridgehead atoms. The van der Waals surface area contributed by atoms with Gasteiger partial charge in [0, 0.05) is 40.3 Å². The van der Waals surface area contributed by atoms with Crippen LogP contribution in [-0.4, -0.2) is 0 Å². The molecule has 12 rings (SSSR count). The minimum atomic E-state index is 1.23. The van der Waals surface area contributed by atoms with Gasteiger partial charge in [0.05, 0.1) is 0 Å². The molecule has 0 radical (unpaired) electrons. The summed E-state index contributed by atoms with van der Waals surface area (Å²) in [5, 5.41) is 15.7. The molecule has 2 aromatic heterocycles. The van der Waals surface area contributed by atoms with Gasteiger partial charge in [-0.2, -0.15) is 0 Å². The lowest BCUT2D eigenvalue weighted by molar-refractivity contribution is 1.63. The largest absolute Gasteiger partial charge is 0.135 e. The van der Waals surface area contributed by atoms with E-state index in [0.717, 1.165) is 0 Å². The van der Waals surface area contributed by atoms with Crippen molar-refractivity contribution in [1.29, 1.82) is 0 Å². The fraction of sp³-hybridized carbons (Fsp3) is 0. The number of hydrogen-bond donors (Lipinski definition) is 0. The third-order valence-electron chi connectivity index (χ3n) is 11.4. The highest BCUT2D eigenvalue weighted by molar-refractivity contribution is 7.28.